The molecule has 4 nitrogen and oxygen atoms in total. The molecule has 1 saturated carbocycles. The monoisotopic (exact) mass is 418 g/mol. The summed E-state index contributed by atoms with van der Waals surface area (Å²) in [6, 6.07) is 10.5. The van der Waals surface area contributed by atoms with Crippen molar-refractivity contribution in [1.29, 1.82) is 0 Å². The number of hydrogen-bond donors (Lipinski definition) is 2. The molecule has 1 aliphatic heterocycles. The Morgan fingerprint density at radius 3 is 2.52 bits per heavy atom. The van der Waals surface area contributed by atoms with Crippen LogP contribution in [-0.4, -0.2) is 43.1 Å². The highest BCUT2D eigenvalue weighted by Gasteiger charge is 2.47. The van der Waals surface area contributed by atoms with E-state index in [0.717, 1.165) is 12.8 Å². The zero-order valence-electron chi connectivity index (χ0n) is 18.5. The minimum atomic E-state index is -1.92. The third-order valence-corrected chi connectivity index (χ3v) is 11.6. The summed E-state index contributed by atoms with van der Waals surface area (Å²) in [5.74, 6) is 0.221. The number of aliphatic hydroxyl groups is 2. The van der Waals surface area contributed by atoms with Crippen LogP contribution in [0.5, 0.6) is 0 Å². The molecule has 162 valence electrons. The first-order valence-electron chi connectivity index (χ1n) is 11.0. The topological polar surface area (TPSA) is 58.9 Å². The number of fused-ring (bicyclic) bond motifs is 1. The molecule has 1 aromatic carbocycles. The summed E-state index contributed by atoms with van der Waals surface area (Å²) in [5, 5.41) is 20.5. The average Bonchev–Trinajstić information content (AvgIpc) is 3.12. The summed E-state index contributed by atoms with van der Waals surface area (Å²) in [6.45, 7) is 11.4. The second-order valence-corrected chi connectivity index (χ2v) is 15.0. The van der Waals surface area contributed by atoms with E-state index in [9.17, 15) is 10.2 Å². The van der Waals surface area contributed by atoms with E-state index < -0.39 is 20.7 Å². The summed E-state index contributed by atoms with van der Waals surface area (Å²) in [4.78, 5) is 0. The van der Waals surface area contributed by atoms with Gasteiger partial charge < -0.3 is 19.4 Å². The van der Waals surface area contributed by atoms with E-state index in [1.54, 1.807) is 0 Å². The van der Waals surface area contributed by atoms with Gasteiger partial charge in [-0.25, -0.2) is 0 Å². The van der Waals surface area contributed by atoms with Gasteiger partial charge in [-0.05, 0) is 42.5 Å². The Kier molecular flexibility index (Phi) is 7.06. The van der Waals surface area contributed by atoms with E-state index in [1.165, 1.54) is 5.56 Å². The number of benzene rings is 1. The van der Waals surface area contributed by atoms with Crippen molar-refractivity contribution >= 4 is 8.32 Å². The highest BCUT2D eigenvalue weighted by Crippen LogP contribution is 2.44. The molecule has 29 heavy (non-hydrogen) atoms. The van der Waals surface area contributed by atoms with Gasteiger partial charge in [-0.1, -0.05) is 63.3 Å². The third-order valence-electron chi connectivity index (χ3n) is 7.06. The van der Waals surface area contributed by atoms with Crippen molar-refractivity contribution in [1.82, 2.24) is 0 Å². The molecular formula is C24H38O4Si. The van der Waals surface area contributed by atoms with Crippen LogP contribution in [0.1, 0.15) is 45.6 Å². The van der Waals surface area contributed by atoms with Crippen LogP contribution in [0.3, 0.4) is 0 Å². The van der Waals surface area contributed by atoms with Gasteiger partial charge in [-0.3, -0.25) is 0 Å². The van der Waals surface area contributed by atoms with E-state index in [-0.39, 0.29) is 29.1 Å². The minimum Gasteiger partial charge on any atom is -0.411 e. The first kappa shape index (κ1) is 22.7. The lowest BCUT2D eigenvalue weighted by molar-refractivity contribution is -0.0949. The third kappa shape index (κ3) is 5.59. The van der Waals surface area contributed by atoms with E-state index in [2.05, 4.69) is 70.3 Å². The minimum absolute atomic E-state index is 0.0228. The molecule has 1 heterocycles. The van der Waals surface area contributed by atoms with Crippen LogP contribution < -0.4 is 0 Å². The highest BCUT2D eigenvalue weighted by atomic mass is 28.4. The molecule has 6 atom stereocenters. The fraction of sp³-hybridized carbons (Fsp3) is 0.667. The van der Waals surface area contributed by atoms with Crippen LogP contribution in [0.4, 0.5) is 0 Å². The molecule has 0 amide bonds. The first-order valence-corrected chi connectivity index (χ1v) is 13.9. The van der Waals surface area contributed by atoms with Gasteiger partial charge in [0.05, 0.1) is 18.3 Å². The van der Waals surface area contributed by atoms with E-state index >= 15 is 0 Å². The van der Waals surface area contributed by atoms with Crippen LogP contribution in [0.2, 0.25) is 18.1 Å². The van der Waals surface area contributed by atoms with E-state index in [4.69, 9.17) is 9.16 Å². The smallest absolute Gasteiger partial charge is 0.192 e. The summed E-state index contributed by atoms with van der Waals surface area (Å²) >= 11 is 0. The quantitative estimate of drug-likeness (QED) is 0.499. The van der Waals surface area contributed by atoms with Crippen LogP contribution in [0.25, 0.3) is 0 Å². The van der Waals surface area contributed by atoms with Crippen molar-refractivity contribution in [2.24, 2.45) is 11.8 Å². The van der Waals surface area contributed by atoms with Crippen LogP contribution in [0.15, 0.2) is 42.5 Å². The van der Waals surface area contributed by atoms with Crippen LogP contribution in [0, 0.1) is 11.8 Å². The van der Waals surface area contributed by atoms with Crippen molar-refractivity contribution in [2.45, 2.75) is 89.2 Å². The highest BCUT2D eigenvalue weighted by molar-refractivity contribution is 6.74. The molecule has 0 aromatic heterocycles. The second-order valence-electron chi connectivity index (χ2n) is 10.2. The Bertz CT molecular complexity index is 682. The molecular weight excluding hydrogens is 380 g/mol. The predicted molar refractivity (Wildman–Crippen MR) is 119 cm³/mol. The number of ether oxygens (including phenoxy) is 1. The lowest BCUT2D eigenvalue weighted by Crippen LogP contribution is -2.43. The van der Waals surface area contributed by atoms with Gasteiger partial charge in [-0.15, -0.1) is 0 Å². The maximum atomic E-state index is 10.5. The molecule has 0 bridgehead atoms. The fourth-order valence-electron chi connectivity index (χ4n) is 4.29. The standard InChI is InChI=1S/C24H38O4Si/c1-24(2,3)29(4,5)28-18(12-11-17-9-7-6-8-10-17)13-14-19-20-15-23(26)27-22(20)16-21(19)25/h6-10,13-14,18-23,25-26H,11-12,15-16H2,1-5H3/t18-,19-,20-,21-,22+,23?/m1/s1. The maximum Gasteiger partial charge on any atom is 0.192 e. The van der Waals surface area contributed by atoms with Gasteiger partial charge in [0.25, 0.3) is 0 Å². The zero-order chi connectivity index (χ0) is 21.2. The summed E-state index contributed by atoms with van der Waals surface area (Å²) in [6.07, 6.45) is 6.30. The SMILES string of the molecule is CC(C)(C)[Si](C)(C)O[C@@H](C=C[C@@H]1[C@H]2CC(O)O[C@H]2C[C@H]1O)CCc1ccccc1. The number of aliphatic hydroxyl groups excluding tert-OH is 2. The van der Waals surface area contributed by atoms with Gasteiger partial charge >= 0.3 is 0 Å². The predicted octanol–water partition coefficient (Wildman–Crippen LogP) is 4.67. The van der Waals surface area contributed by atoms with Crippen molar-refractivity contribution in [3.63, 3.8) is 0 Å². The molecule has 1 saturated heterocycles. The van der Waals surface area contributed by atoms with Gasteiger partial charge in [0.1, 0.15) is 0 Å². The molecule has 2 aliphatic rings. The largest absolute Gasteiger partial charge is 0.411 e. The molecule has 1 aromatic rings. The molecule has 1 aliphatic carbocycles. The molecule has 0 radical (unpaired) electrons. The van der Waals surface area contributed by atoms with E-state index in [1.807, 2.05) is 6.07 Å². The Morgan fingerprint density at radius 1 is 1.17 bits per heavy atom. The summed E-state index contributed by atoms with van der Waals surface area (Å²) in [5.41, 5.74) is 1.32. The van der Waals surface area contributed by atoms with E-state index in [0.29, 0.717) is 12.8 Å². The fourth-order valence-corrected chi connectivity index (χ4v) is 5.59. The molecule has 3 rings (SSSR count). The number of aryl methyl sites for hydroxylation is 1. The Balaban J connectivity index is 1.72. The second kappa shape index (κ2) is 9.02. The van der Waals surface area contributed by atoms with Crippen molar-refractivity contribution in [3.05, 3.63) is 48.0 Å². The summed E-state index contributed by atoms with van der Waals surface area (Å²) < 4.78 is 12.3. The van der Waals surface area contributed by atoms with Gasteiger partial charge in [0.2, 0.25) is 0 Å². The molecule has 0 spiro atoms. The Hall–Kier alpha value is -0.983. The zero-order valence-corrected chi connectivity index (χ0v) is 19.5. The maximum absolute atomic E-state index is 10.5. The van der Waals surface area contributed by atoms with Crippen molar-refractivity contribution in [2.75, 3.05) is 0 Å². The van der Waals surface area contributed by atoms with Crippen LogP contribution in [-0.2, 0) is 15.6 Å². The summed E-state index contributed by atoms with van der Waals surface area (Å²) in [7, 11) is -1.92. The average molecular weight is 419 g/mol. The normalized spacial score (nSPS) is 31.3. The Labute approximate surface area is 177 Å². The van der Waals surface area contributed by atoms with Gasteiger partial charge in [-0.2, -0.15) is 0 Å². The molecule has 2 fully saturated rings. The van der Waals surface area contributed by atoms with Crippen LogP contribution >= 0.6 is 0 Å². The lowest BCUT2D eigenvalue weighted by atomic mass is 9.91. The van der Waals surface area contributed by atoms with Gasteiger partial charge in [0, 0.05) is 18.8 Å². The lowest BCUT2D eigenvalue weighted by Gasteiger charge is -2.39. The van der Waals surface area contributed by atoms with Crippen molar-refractivity contribution in [3.8, 4) is 0 Å². The molecule has 1 unspecified atom stereocenters. The molecule has 5 heteroatoms. The van der Waals surface area contributed by atoms with Crippen molar-refractivity contribution < 1.29 is 19.4 Å². The number of rotatable bonds is 7. The molecule has 2 N–H and O–H groups in total. The first-order chi connectivity index (χ1) is 13.6. The number of hydrogen-bond acceptors (Lipinski definition) is 4. The van der Waals surface area contributed by atoms with Gasteiger partial charge in [0.15, 0.2) is 14.6 Å². The Morgan fingerprint density at radius 2 is 1.86 bits per heavy atom.